The first-order valence-corrected chi connectivity index (χ1v) is 17.8. The summed E-state index contributed by atoms with van der Waals surface area (Å²) in [4.78, 5) is 32.6. The van der Waals surface area contributed by atoms with Crippen LogP contribution in [0.1, 0.15) is 33.9 Å². The molecule has 0 aliphatic carbocycles. The molecule has 1 saturated heterocycles. The molecule has 0 bridgehead atoms. The zero-order valence-corrected chi connectivity index (χ0v) is 28.9. The van der Waals surface area contributed by atoms with E-state index in [1.165, 1.54) is 0 Å². The lowest BCUT2D eigenvalue weighted by atomic mass is 9.76. The van der Waals surface area contributed by atoms with Crippen LogP contribution in [0.4, 0.5) is 0 Å². The molecule has 5 aromatic rings. The van der Waals surface area contributed by atoms with E-state index in [0.717, 1.165) is 33.4 Å². The summed E-state index contributed by atoms with van der Waals surface area (Å²) in [6.07, 6.45) is 3.17. The average Bonchev–Trinajstić information content (AvgIpc) is 3.17. The van der Waals surface area contributed by atoms with Crippen molar-refractivity contribution in [1.82, 2.24) is 15.1 Å². The van der Waals surface area contributed by atoms with Crippen molar-refractivity contribution in [2.24, 2.45) is 0 Å². The Labute approximate surface area is 298 Å². The molecule has 7 rings (SSSR count). The number of carbonyl (C=O) groups is 2. The molecule has 250 valence electrons. The fourth-order valence-corrected chi connectivity index (χ4v) is 8.11. The summed E-state index contributed by atoms with van der Waals surface area (Å²) in [5, 5.41) is 3.54. The molecule has 2 aliphatic rings. The van der Waals surface area contributed by atoms with Gasteiger partial charge in [0, 0.05) is 19.8 Å². The Balaban J connectivity index is 1.28. The first kappa shape index (κ1) is 33.1. The first-order chi connectivity index (χ1) is 24.5. The predicted octanol–water partition coefficient (Wildman–Crippen LogP) is 7.51. The molecule has 1 N–H and O–H groups in total. The second-order valence-corrected chi connectivity index (χ2v) is 13.7. The van der Waals surface area contributed by atoms with Crippen molar-refractivity contribution in [3.05, 3.63) is 203 Å². The van der Waals surface area contributed by atoms with Crippen LogP contribution in [0.2, 0.25) is 0 Å². The lowest BCUT2D eigenvalue weighted by Gasteiger charge is -2.53. The Bertz CT molecular complexity index is 1850. The van der Waals surface area contributed by atoms with E-state index in [0.29, 0.717) is 5.75 Å². The highest BCUT2D eigenvalue weighted by molar-refractivity contribution is 8.00. The largest absolute Gasteiger partial charge is 0.448 e. The first-order valence-electron chi connectivity index (χ1n) is 16.7. The molecule has 0 aromatic heterocycles. The topological polar surface area (TPSA) is 61.9 Å². The number of nitrogens with one attached hydrogen (secondary N) is 1. The number of ether oxygens (including phenoxy) is 1. The lowest BCUT2D eigenvalue weighted by molar-refractivity contribution is -0.154. The summed E-state index contributed by atoms with van der Waals surface area (Å²) < 4.78 is 6.38. The van der Waals surface area contributed by atoms with Gasteiger partial charge in [-0.25, -0.2) is 4.79 Å². The van der Waals surface area contributed by atoms with E-state index in [1.807, 2.05) is 147 Å². The predicted molar refractivity (Wildman–Crippen MR) is 200 cm³/mol. The van der Waals surface area contributed by atoms with Crippen LogP contribution in [-0.4, -0.2) is 52.9 Å². The summed E-state index contributed by atoms with van der Waals surface area (Å²) in [5.41, 5.74) is 4.96. The summed E-state index contributed by atoms with van der Waals surface area (Å²) in [7, 11) is 3.86. The Morgan fingerprint density at radius 3 is 1.64 bits per heavy atom. The summed E-state index contributed by atoms with van der Waals surface area (Å²) in [6, 6.07) is 49.6. The average molecular weight is 678 g/mol. The van der Waals surface area contributed by atoms with Crippen LogP contribution in [-0.2, 0) is 19.9 Å². The molecular weight excluding hydrogens is 639 g/mol. The highest BCUT2D eigenvalue weighted by atomic mass is 32.2. The van der Waals surface area contributed by atoms with Crippen molar-refractivity contribution in [3.63, 3.8) is 0 Å². The van der Waals surface area contributed by atoms with Crippen molar-refractivity contribution in [2.45, 2.75) is 23.1 Å². The Morgan fingerprint density at radius 1 is 0.760 bits per heavy atom. The van der Waals surface area contributed by atoms with E-state index in [4.69, 9.17) is 4.74 Å². The van der Waals surface area contributed by atoms with E-state index in [-0.39, 0.29) is 17.0 Å². The number of rotatable bonds is 11. The molecule has 0 radical (unpaired) electrons. The van der Waals surface area contributed by atoms with Gasteiger partial charge in [-0.1, -0.05) is 152 Å². The van der Waals surface area contributed by atoms with Crippen molar-refractivity contribution < 1.29 is 14.3 Å². The van der Waals surface area contributed by atoms with E-state index in [9.17, 15) is 9.59 Å². The highest BCUT2D eigenvalue weighted by Crippen LogP contribution is 2.45. The van der Waals surface area contributed by atoms with Gasteiger partial charge in [0.05, 0.1) is 5.54 Å². The van der Waals surface area contributed by atoms with Crippen LogP contribution < -0.4 is 5.32 Å². The molecule has 5 aromatic carbocycles. The number of esters is 1. The SMILES string of the molecule is CN(C)C=CC1=C(C(=O)OC(c2ccccc2)c2ccccc2)N2C(=O)C(NC(c3ccccc3)(c3ccccc3)c3ccccc3)C2SC1. The second-order valence-electron chi connectivity index (χ2n) is 12.6. The highest BCUT2D eigenvalue weighted by Gasteiger charge is 2.56. The summed E-state index contributed by atoms with van der Waals surface area (Å²) >= 11 is 1.65. The van der Waals surface area contributed by atoms with Gasteiger partial charge in [0.15, 0.2) is 6.10 Å². The maximum Gasteiger partial charge on any atom is 0.356 e. The second kappa shape index (κ2) is 14.6. The zero-order chi connectivity index (χ0) is 34.5. The van der Waals surface area contributed by atoms with Gasteiger partial charge >= 0.3 is 5.97 Å². The minimum absolute atomic E-state index is 0.173. The van der Waals surface area contributed by atoms with Gasteiger partial charge < -0.3 is 9.64 Å². The van der Waals surface area contributed by atoms with Crippen molar-refractivity contribution in [3.8, 4) is 0 Å². The van der Waals surface area contributed by atoms with Crippen LogP contribution >= 0.6 is 11.8 Å². The number of β-lactam (4-membered cyclic amide) rings is 1. The molecule has 2 unspecified atom stereocenters. The van der Waals surface area contributed by atoms with Gasteiger partial charge in [0.25, 0.3) is 0 Å². The summed E-state index contributed by atoms with van der Waals surface area (Å²) in [5.74, 6) is -0.163. The number of thioether (sulfide) groups is 1. The van der Waals surface area contributed by atoms with E-state index < -0.39 is 23.7 Å². The van der Waals surface area contributed by atoms with E-state index >= 15 is 0 Å². The molecule has 50 heavy (non-hydrogen) atoms. The van der Waals surface area contributed by atoms with Crippen molar-refractivity contribution in [2.75, 3.05) is 19.8 Å². The molecule has 2 atom stereocenters. The quantitative estimate of drug-likeness (QED) is 0.0887. The zero-order valence-electron chi connectivity index (χ0n) is 28.1. The molecule has 1 amide bonds. The number of nitrogens with zero attached hydrogens (tertiary/aromatic N) is 2. The molecule has 1 fully saturated rings. The maximum atomic E-state index is 14.6. The fourth-order valence-electron chi connectivity index (χ4n) is 6.79. The van der Waals surface area contributed by atoms with Crippen molar-refractivity contribution in [1.29, 1.82) is 0 Å². The molecule has 6 nitrogen and oxygen atoms in total. The third-order valence-electron chi connectivity index (χ3n) is 9.19. The number of amides is 1. The Morgan fingerprint density at radius 2 is 1.20 bits per heavy atom. The van der Waals surface area contributed by atoms with Gasteiger partial charge in [-0.3, -0.25) is 15.0 Å². The van der Waals surface area contributed by atoms with Crippen LogP contribution in [0.3, 0.4) is 0 Å². The van der Waals surface area contributed by atoms with Crippen LogP contribution in [0, 0.1) is 0 Å². The van der Waals surface area contributed by atoms with Gasteiger partial charge in [-0.05, 0) is 45.7 Å². The normalized spacial score (nSPS) is 17.4. The molecule has 2 heterocycles. The number of benzene rings is 5. The number of hydrogen-bond acceptors (Lipinski definition) is 6. The Kier molecular flexibility index (Phi) is 9.69. The number of allylic oxidation sites excluding steroid dienone is 1. The molecular formula is C43H39N3O3S. The van der Waals surface area contributed by atoms with E-state index in [2.05, 4.69) is 41.7 Å². The van der Waals surface area contributed by atoms with Crippen LogP contribution in [0.15, 0.2) is 175 Å². The monoisotopic (exact) mass is 677 g/mol. The molecule has 2 aliphatic heterocycles. The lowest BCUT2D eigenvalue weighted by Crippen LogP contribution is -2.72. The number of hydrogen-bond donors (Lipinski definition) is 1. The molecule has 0 saturated carbocycles. The molecule has 7 heteroatoms. The van der Waals surface area contributed by atoms with E-state index in [1.54, 1.807) is 16.7 Å². The standard InChI is InChI=1S/C43H39N3O3S/c1-45(2)29-28-33-30-50-41-37(44-43(34-22-12-5-13-23-34,35-24-14-6-15-25-35)36-26-16-7-17-27-36)40(47)46(41)38(33)42(48)49-39(31-18-8-3-9-19-31)32-20-10-4-11-21-32/h3-29,37,39,41,44H,30H2,1-2H3. The fraction of sp³-hybridized carbons (Fsp3) is 0.163. The smallest absolute Gasteiger partial charge is 0.356 e. The van der Waals surface area contributed by atoms with Crippen molar-refractivity contribution >= 4 is 23.6 Å². The third-order valence-corrected chi connectivity index (χ3v) is 10.5. The van der Waals surface area contributed by atoms with Gasteiger partial charge in [-0.15, -0.1) is 11.8 Å². The Hall–Kier alpha value is -5.37. The number of fused-ring (bicyclic) bond motifs is 1. The number of carbonyl (C=O) groups excluding carboxylic acids is 2. The van der Waals surface area contributed by atoms with Crippen LogP contribution in [0.25, 0.3) is 0 Å². The third kappa shape index (κ3) is 6.38. The van der Waals surface area contributed by atoms with Crippen LogP contribution in [0.5, 0.6) is 0 Å². The molecule has 0 spiro atoms. The minimum Gasteiger partial charge on any atom is -0.448 e. The van der Waals surface area contributed by atoms with Gasteiger partial charge in [0.1, 0.15) is 17.1 Å². The van der Waals surface area contributed by atoms with Gasteiger partial charge in [0.2, 0.25) is 5.91 Å². The van der Waals surface area contributed by atoms with Gasteiger partial charge in [-0.2, -0.15) is 0 Å². The minimum atomic E-state index is -0.835. The summed E-state index contributed by atoms with van der Waals surface area (Å²) in [6.45, 7) is 0. The maximum absolute atomic E-state index is 14.6.